The minimum absolute atomic E-state index is 0.180. The lowest BCUT2D eigenvalue weighted by Gasteiger charge is -2.05. The third-order valence-corrected chi connectivity index (χ3v) is 3.00. The van der Waals surface area contributed by atoms with Crippen LogP contribution in [-0.4, -0.2) is 19.3 Å². The van der Waals surface area contributed by atoms with Gasteiger partial charge in [0.15, 0.2) is 0 Å². The first-order valence-corrected chi connectivity index (χ1v) is 5.60. The highest BCUT2D eigenvalue weighted by Gasteiger charge is 2.35. The minimum atomic E-state index is -0.180. The van der Waals surface area contributed by atoms with Gasteiger partial charge in [0, 0.05) is 0 Å². The van der Waals surface area contributed by atoms with Crippen LogP contribution in [0.1, 0.15) is 26.3 Å². The highest BCUT2D eigenvalue weighted by Crippen LogP contribution is 2.15. The number of hydrogen-bond acceptors (Lipinski definition) is 2. The van der Waals surface area contributed by atoms with Crippen molar-refractivity contribution < 1.29 is 9.31 Å². The van der Waals surface area contributed by atoms with Crippen LogP contribution in [0.3, 0.4) is 0 Å². The molecular weight excluding hydrogens is 187 g/mol. The van der Waals surface area contributed by atoms with Crippen LogP contribution >= 0.6 is 0 Å². The van der Waals surface area contributed by atoms with Crippen molar-refractivity contribution >= 4 is 12.6 Å². The number of aryl methyl sites for hydroxylation is 1. The van der Waals surface area contributed by atoms with Crippen LogP contribution in [0, 0.1) is 0 Å². The summed E-state index contributed by atoms with van der Waals surface area (Å²) < 4.78 is 11.4. The summed E-state index contributed by atoms with van der Waals surface area (Å²) in [6, 6.07) is 8.45. The molecule has 1 aliphatic rings. The van der Waals surface area contributed by atoms with Gasteiger partial charge in [-0.3, -0.25) is 0 Å². The minimum Gasteiger partial charge on any atom is -0.402 e. The molecule has 0 radical (unpaired) electrons. The summed E-state index contributed by atoms with van der Waals surface area (Å²) in [6.07, 6.45) is 1.43. The normalized spacial score (nSPS) is 25.9. The maximum absolute atomic E-state index is 5.71. The third kappa shape index (κ3) is 2.24. The first kappa shape index (κ1) is 10.7. The molecule has 2 rings (SSSR count). The molecule has 1 heterocycles. The zero-order valence-electron chi connectivity index (χ0n) is 9.57. The average Bonchev–Trinajstić information content (AvgIpc) is 2.59. The third-order valence-electron chi connectivity index (χ3n) is 3.00. The van der Waals surface area contributed by atoms with E-state index in [4.69, 9.17) is 9.31 Å². The molecule has 80 valence electrons. The number of rotatable bonds is 2. The summed E-state index contributed by atoms with van der Waals surface area (Å²) in [6.45, 7) is 6.25. The van der Waals surface area contributed by atoms with Crippen LogP contribution < -0.4 is 5.46 Å². The van der Waals surface area contributed by atoms with E-state index in [0.717, 1.165) is 11.9 Å². The average molecular weight is 204 g/mol. The summed E-state index contributed by atoms with van der Waals surface area (Å²) in [5, 5.41) is 0. The quantitative estimate of drug-likeness (QED) is 0.683. The largest absolute Gasteiger partial charge is 0.494 e. The Labute approximate surface area is 91.7 Å². The Bertz CT molecular complexity index is 313. The van der Waals surface area contributed by atoms with Crippen LogP contribution in [0.15, 0.2) is 24.3 Å². The van der Waals surface area contributed by atoms with Gasteiger partial charge in [0.1, 0.15) is 0 Å². The van der Waals surface area contributed by atoms with Crippen LogP contribution in [0.25, 0.3) is 0 Å². The van der Waals surface area contributed by atoms with E-state index in [-0.39, 0.29) is 19.3 Å². The van der Waals surface area contributed by atoms with E-state index < -0.39 is 0 Å². The second kappa shape index (κ2) is 4.37. The van der Waals surface area contributed by atoms with E-state index in [0.29, 0.717) is 0 Å². The molecule has 15 heavy (non-hydrogen) atoms. The molecule has 0 bridgehead atoms. The maximum atomic E-state index is 5.71. The molecule has 0 aromatic heterocycles. The molecule has 1 fully saturated rings. The van der Waals surface area contributed by atoms with Gasteiger partial charge in [0.05, 0.1) is 12.2 Å². The van der Waals surface area contributed by atoms with E-state index in [2.05, 4.69) is 31.2 Å². The smallest absolute Gasteiger partial charge is 0.402 e. The Kier molecular flexibility index (Phi) is 3.12. The fourth-order valence-corrected chi connectivity index (χ4v) is 1.71. The molecule has 1 aromatic rings. The van der Waals surface area contributed by atoms with Crippen molar-refractivity contribution in [2.24, 2.45) is 0 Å². The van der Waals surface area contributed by atoms with Crippen molar-refractivity contribution in [2.75, 3.05) is 0 Å². The van der Waals surface area contributed by atoms with E-state index in [9.17, 15) is 0 Å². The van der Waals surface area contributed by atoms with Gasteiger partial charge in [-0.15, -0.1) is 0 Å². The summed E-state index contributed by atoms with van der Waals surface area (Å²) >= 11 is 0. The van der Waals surface area contributed by atoms with E-state index in [1.807, 2.05) is 13.8 Å². The molecule has 0 aliphatic carbocycles. The van der Waals surface area contributed by atoms with Crippen LogP contribution in [0.4, 0.5) is 0 Å². The summed E-state index contributed by atoms with van der Waals surface area (Å²) in [7, 11) is -0.180. The second-order valence-electron chi connectivity index (χ2n) is 4.11. The molecule has 0 amide bonds. The molecule has 0 N–H and O–H groups in total. The molecule has 2 nitrogen and oxygen atoms in total. The van der Waals surface area contributed by atoms with Crippen molar-refractivity contribution in [3.63, 3.8) is 0 Å². The molecule has 1 aromatic carbocycles. The van der Waals surface area contributed by atoms with Gasteiger partial charge >= 0.3 is 7.12 Å². The highest BCUT2D eigenvalue weighted by atomic mass is 16.7. The van der Waals surface area contributed by atoms with Gasteiger partial charge in [-0.05, 0) is 31.3 Å². The topological polar surface area (TPSA) is 18.5 Å². The van der Waals surface area contributed by atoms with Crippen molar-refractivity contribution in [1.82, 2.24) is 0 Å². The Morgan fingerprint density at radius 3 is 2.07 bits per heavy atom. The van der Waals surface area contributed by atoms with Crippen LogP contribution in [-0.2, 0) is 15.7 Å². The Balaban J connectivity index is 2.10. The molecule has 3 heteroatoms. The lowest BCUT2D eigenvalue weighted by Crippen LogP contribution is -2.32. The molecule has 2 atom stereocenters. The Morgan fingerprint density at radius 2 is 1.60 bits per heavy atom. The van der Waals surface area contributed by atoms with Crippen molar-refractivity contribution in [3.8, 4) is 0 Å². The second-order valence-corrected chi connectivity index (χ2v) is 4.11. The van der Waals surface area contributed by atoms with Gasteiger partial charge in [-0.25, -0.2) is 0 Å². The lowest BCUT2D eigenvalue weighted by atomic mass is 9.79. The van der Waals surface area contributed by atoms with E-state index in [1.165, 1.54) is 5.56 Å². The van der Waals surface area contributed by atoms with E-state index >= 15 is 0 Å². The summed E-state index contributed by atoms with van der Waals surface area (Å²) in [5.74, 6) is 0. The Hall–Kier alpha value is -0.795. The summed E-state index contributed by atoms with van der Waals surface area (Å²) in [4.78, 5) is 0. The molecule has 0 spiro atoms. The zero-order chi connectivity index (χ0) is 10.8. The fraction of sp³-hybridized carbons (Fsp3) is 0.500. The number of benzene rings is 1. The monoisotopic (exact) mass is 204 g/mol. The SMILES string of the molecule is CCc1ccc(B2OC(C)C(C)O2)cc1. The van der Waals surface area contributed by atoms with Crippen LogP contribution in [0.2, 0.25) is 0 Å². The Morgan fingerprint density at radius 1 is 1.07 bits per heavy atom. The van der Waals surface area contributed by atoms with Crippen molar-refractivity contribution in [1.29, 1.82) is 0 Å². The van der Waals surface area contributed by atoms with Gasteiger partial charge in [0.25, 0.3) is 0 Å². The number of hydrogen-bond donors (Lipinski definition) is 0. The van der Waals surface area contributed by atoms with Gasteiger partial charge < -0.3 is 9.31 Å². The molecule has 0 saturated carbocycles. The van der Waals surface area contributed by atoms with E-state index in [1.54, 1.807) is 0 Å². The molecule has 2 unspecified atom stereocenters. The van der Waals surface area contributed by atoms with Crippen LogP contribution in [0.5, 0.6) is 0 Å². The molecule has 1 saturated heterocycles. The fourth-order valence-electron chi connectivity index (χ4n) is 1.71. The predicted octanol–water partition coefficient (Wildman–Crippen LogP) is 1.77. The van der Waals surface area contributed by atoms with Gasteiger partial charge in [-0.1, -0.05) is 31.2 Å². The first-order chi connectivity index (χ1) is 7.20. The lowest BCUT2D eigenvalue weighted by molar-refractivity contribution is 0.187. The van der Waals surface area contributed by atoms with Gasteiger partial charge in [-0.2, -0.15) is 0 Å². The summed E-state index contributed by atoms with van der Waals surface area (Å²) in [5.41, 5.74) is 2.46. The van der Waals surface area contributed by atoms with Gasteiger partial charge in [0.2, 0.25) is 0 Å². The molecular formula is C12H17BO2. The zero-order valence-corrected chi connectivity index (χ0v) is 9.57. The van der Waals surface area contributed by atoms with Crippen molar-refractivity contribution in [3.05, 3.63) is 29.8 Å². The predicted molar refractivity (Wildman–Crippen MR) is 62.3 cm³/mol. The standard InChI is InChI=1S/C12H17BO2/c1-4-11-5-7-12(8-6-11)13-14-9(2)10(3)15-13/h5-10H,4H2,1-3H3. The highest BCUT2D eigenvalue weighted by molar-refractivity contribution is 6.61. The first-order valence-electron chi connectivity index (χ1n) is 5.60. The maximum Gasteiger partial charge on any atom is 0.494 e. The molecule has 1 aliphatic heterocycles. The van der Waals surface area contributed by atoms with Crippen molar-refractivity contribution in [2.45, 2.75) is 39.4 Å².